The minimum Gasteiger partial charge on any atom is -0.389 e. The van der Waals surface area contributed by atoms with Crippen molar-refractivity contribution in [3.63, 3.8) is 0 Å². The van der Waals surface area contributed by atoms with Crippen LogP contribution in [0.15, 0.2) is 6.33 Å². The first kappa shape index (κ1) is 14.9. The minimum atomic E-state index is -0.483. The second-order valence-electron chi connectivity index (χ2n) is 5.83. The smallest absolute Gasteiger partial charge is 0.138 e. The van der Waals surface area contributed by atoms with Crippen LogP contribution in [0.3, 0.4) is 0 Å². The highest BCUT2D eigenvalue weighted by molar-refractivity contribution is 4.92. The highest BCUT2D eigenvalue weighted by Gasteiger charge is 2.20. The van der Waals surface area contributed by atoms with Gasteiger partial charge in [0.15, 0.2) is 0 Å². The zero-order chi connectivity index (χ0) is 14.5. The third-order valence-electron chi connectivity index (χ3n) is 4.09. The number of rotatable bonds is 7. The van der Waals surface area contributed by atoms with Gasteiger partial charge in [-0.3, -0.25) is 0 Å². The molecule has 1 aromatic rings. The van der Waals surface area contributed by atoms with Gasteiger partial charge in [-0.1, -0.05) is 0 Å². The maximum atomic E-state index is 9.95. The van der Waals surface area contributed by atoms with Gasteiger partial charge >= 0.3 is 0 Å². The largest absolute Gasteiger partial charge is 0.389 e. The summed E-state index contributed by atoms with van der Waals surface area (Å²) in [6, 6.07) is 0.340. The molecular weight excluding hydrogens is 272 g/mol. The van der Waals surface area contributed by atoms with E-state index in [0.717, 1.165) is 44.7 Å². The van der Waals surface area contributed by atoms with Crippen LogP contribution in [0.1, 0.15) is 25.1 Å². The molecule has 0 radical (unpaired) electrons. The van der Waals surface area contributed by atoms with E-state index in [4.69, 9.17) is 9.47 Å². The van der Waals surface area contributed by atoms with Gasteiger partial charge in [-0.15, -0.1) is 0 Å². The number of aliphatic hydroxyl groups is 1. The quantitative estimate of drug-likeness (QED) is 0.721. The van der Waals surface area contributed by atoms with E-state index < -0.39 is 6.10 Å². The van der Waals surface area contributed by atoms with Gasteiger partial charge in [0.1, 0.15) is 12.2 Å². The molecule has 0 unspecified atom stereocenters. The average Bonchev–Trinajstić information content (AvgIpc) is 3.15. The van der Waals surface area contributed by atoms with Gasteiger partial charge in [0.25, 0.3) is 0 Å². The molecule has 3 heterocycles. The Kier molecular flexibility index (Phi) is 5.18. The van der Waals surface area contributed by atoms with E-state index in [2.05, 4.69) is 15.4 Å². The summed E-state index contributed by atoms with van der Waals surface area (Å²) in [4.78, 5) is 4.21. The summed E-state index contributed by atoms with van der Waals surface area (Å²) in [5.41, 5.74) is 0. The van der Waals surface area contributed by atoms with E-state index in [0.29, 0.717) is 25.8 Å². The molecule has 0 aromatic carbocycles. The van der Waals surface area contributed by atoms with Crippen LogP contribution < -0.4 is 5.32 Å². The summed E-state index contributed by atoms with van der Waals surface area (Å²) < 4.78 is 12.9. The molecule has 7 nitrogen and oxygen atoms in total. The molecule has 0 saturated carbocycles. The molecule has 2 aliphatic heterocycles. The Bertz CT molecular complexity index is 434. The van der Waals surface area contributed by atoms with E-state index in [1.54, 1.807) is 6.33 Å². The van der Waals surface area contributed by atoms with Crippen molar-refractivity contribution in [1.82, 2.24) is 20.1 Å². The van der Waals surface area contributed by atoms with Crippen molar-refractivity contribution in [2.75, 3.05) is 26.4 Å². The summed E-state index contributed by atoms with van der Waals surface area (Å²) in [6.07, 6.45) is 5.48. The Morgan fingerprint density at radius 1 is 1.52 bits per heavy atom. The lowest BCUT2D eigenvalue weighted by Crippen LogP contribution is -2.42. The van der Waals surface area contributed by atoms with Crippen molar-refractivity contribution in [2.45, 2.75) is 50.5 Å². The number of hydrogen-bond donors (Lipinski definition) is 2. The molecule has 1 fully saturated rings. The molecule has 118 valence electrons. The summed E-state index contributed by atoms with van der Waals surface area (Å²) in [6.45, 7) is 3.14. The van der Waals surface area contributed by atoms with Gasteiger partial charge in [0.05, 0.1) is 32.0 Å². The lowest BCUT2D eigenvalue weighted by molar-refractivity contribution is -0.0171. The van der Waals surface area contributed by atoms with E-state index >= 15 is 0 Å². The number of aromatic nitrogens is 3. The summed E-state index contributed by atoms with van der Waals surface area (Å²) in [5.74, 6) is 1.05. The molecule has 2 aliphatic rings. The van der Waals surface area contributed by atoms with Gasteiger partial charge in [0, 0.05) is 25.6 Å². The molecule has 2 N–H and O–H groups in total. The van der Waals surface area contributed by atoms with E-state index in [-0.39, 0.29) is 6.10 Å². The van der Waals surface area contributed by atoms with Gasteiger partial charge in [-0.2, -0.15) is 5.10 Å². The maximum Gasteiger partial charge on any atom is 0.138 e. The van der Waals surface area contributed by atoms with Crippen LogP contribution in [0.5, 0.6) is 0 Å². The predicted octanol–water partition coefficient (Wildman–Crippen LogP) is -0.261. The van der Waals surface area contributed by atoms with E-state index in [1.165, 1.54) is 0 Å². The van der Waals surface area contributed by atoms with Crippen molar-refractivity contribution in [3.05, 3.63) is 12.2 Å². The second kappa shape index (κ2) is 7.31. The zero-order valence-corrected chi connectivity index (χ0v) is 12.3. The Morgan fingerprint density at radius 2 is 2.48 bits per heavy atom. The first-order valence-electron chi connectivity index (χ1n) is 7.79. The Morgan fingerprint density at radius 3 is 3.33 bits per heavy atom. The monoisotopic (exact) mass is 296 g/mol. The highest BCUT2D eigenvalue weighted by atomic mass is 16.5. The molecule has 7 heteroatoms. The van der Waals surface area contributed by atoms with Crippen molar-refractivity contribution >= 4 is 0 Å². The molecular formula is C14H24N4O3. The maximum absolute atomic E-state index is 9.95. The fraction of sp³-hybridized carbons (Fsp3) is 0.857. The van der Waals surface area contributed by atoms with E-state index in [9.17, 15) is 5.11 Å². The summed E-state index contributed by atoms with van der Waals surface area (Å²) in [5, 5.41) is 17.5. The van der Waals surface area contributed by atoms with Crippen LogP contribution in [0.4, 0.5) is 0 Å². The number of aryl methyl sites for hydroxylation is 1. The molecule has 21 heavy (non-hydrogen) atoms. The van der Waals surface area contributed by atoms with Gasteiger partial charge in [-0.05, 0) is 19.3 Å². The second-order valence-corrected chi connectivity index (χ2v) is 5.83. The Hall–Kier alpha value is -1.02. The number of aliphatic hydroxyl groups excluding tert-OH is 1. The molecule has 0 amide bonds. The molecule has 1 aromatic heterocycles. The fourth-order valence-electron chi connectivity index (χ4n) is 2.88. The van der Waals surface area contributed by atoms with Gasteiger partial charge in [0.2, 0.25) is 0 Å². The van der Waals surface area contributed by atoms with Crippen molar-refractivity contribution in [3.8, 4) is 0 Å². The van der Waals surface area contributed by atoms with Crippen LogP contribution in [0, 0.1) is 0 Å². The van der Waals surface area contributed by atoms with Crippen molar-refractivity contribution in [1.29, 1.82) is 0 Å². The fourth-order valence-corrected chi connectivity index (χ4v) is 2.88. The summed E-state index contributed by atoms with van der Waals surface area (Å²) in [7, 11) is 0. The van der Waals surface area contributed by atoms with Crippen LogP contribution in [-0.4, -0.2) is 64.5 Å². The van der Waals surface area contributed by atoms with Crippen LogP contribution >= 0.6 is 0 Å². The average molecular weight is 296 g/mol. The molecule has 0 spiro atoms. The standard InChI is InChI=1S/C14H24N4O3/c19-12(8-20-9-13-2-1-5-21-13)6-15-11-3-4-14-16-10-17-18(14)7-11/h10-13,15,19H,1-9H2/t11-,12-,13-/m1/s1. The molecule has 3 atom stereocenters. The number of nitrogens with one attached hydrogen (secondary N) is 1. The van der Waals surface area contributed by atoms with E-state index in [1.807, 2.05) is 4.68 Å². The first-order chi connectivity index (χ1) is 10.3. The Labute approximate surface area is 124 Å². The number of fused-ring (bicyclic) bond motifs is 1. The normalized spacial score (nSPS) is 26.7. The molecule has 1 saturated heterocycles. The van der Waals surface area contributed by atoms with Crippen molar-refractivity contribution < 1.29 is 14.6 Å². The van der Waals surface area contributed by atoms with Crippen LogP contribution in [0.25, 0.3) is 0 Å². The number of hydrogen-bond acceptors (Lipinski definition) is 6. The first-order valence-corrected chi connectivity index (χ1v) is 7.79. The third kappa shape index (κ3) is 4.23. The lowest BCUT2D eigenvalue weighted by Gasteiger charge is -2.25. The minimum absolute atomic E-state index is 0.217. The van der Waals surface area contributed by atoms with Gasteiger partial charge < -0.3 is 19.9 Å². The predicted molar refractivity (Wildman–Crippen MR) is 75.9 cm³/mol. The lowest BCUT2D eigenvalue weighted by atomic mass is 10.1. The van der Waals surface area contributed by atoms with Crippen LogP contribution in [0.2, 0.25) is 0 Å². The molecule has 0 bridgehead atoms. The van der Waals surface area contributed by atoms with Crippen LogP contribution in [-0.2, 0) is 22.4 Å². The number of ether oxygens (including phenoxy) is 2. The highest BCUT2D eigenvalue weighted by Crippen LogP contribution is 2.12. The van der Waals surface area contributed by atoms with Crippen molar-refractivity contribution in [2.24, 2.45) is 0 Å². The zero-order valence-electron chi connectivity index (χ0n) is 12.3. The number of nitrogens with zero attached hydrogens (tertiary/aromatic N) is 3. The summed E-state index contributed by atoms with van der Waals surface area (Å²) >= 11 is 0. The topological polar surface area (TPSA) is 81.4 Å². The Balaban J connectivity index is 1.30. The third-order valence-corrected chi connectivity index (χ3v) is 4.09. The van der Waals surface area contributed by atoms with Gasteiger partial charge in [-0.25, -0.2) is 9.67 Å². The molecule has 0 aliphatic carbocycles. The molecule has 3 rings (SSSR count). The SMILES string of the molecule is O[C@H](CN[C@@H]1CCc2ncnn2C1)COC[C@H]1CCCO1.